The first kappa shape index (κ1) is 16.8. The van der Waals surface area contributed by atoms with Crippen molar-refractivity contribution in [2.24, 2.45) is 0 Å². The molecule has 1 fully saturated rings. The second kappa shape index (κ2) is 6.29. The topological polar surface area (TPSA) is 32.8 Å². The van der Waals surface area contributed by atoms with Crippen LogP contribution in [0.2, 0.25) is 0 Å². The Morgan fingerprint density at radius 1 is 1.32 bits per heavy atom. The van der Waals surface area contributed by atoms with Crippen LogP contribution in [-0.4, -0.2) is 47.2 Å². The van der Waals surface area contributed by atoms with Gasteiger partial charge in [0.25, 0.3) is 0 Å². The molecule has 22 heavy (non-hydrogen) atoms. The molecule has 0 saturated carbocycles. The van der Waals surface area contributed by atoms with Crippen LogP contribution >= 0.6 is 0 Å². The maximum atomic E-state index is 12.3. The third-order valence-electron chi connectivity index (χ3n) is 4.26. The number of rotatable bonds is 3. The molecule has 1 atom stereocenters. The van der Waals surface area contributed by atoms with Gasteiger partial charge in [-0.25, -0.2) is 4.79 Å². The van der Waals surface area contributed by atoms with Gasteiger partial charge in [-0.1, -0.05) is 30.3 Å². The summed E-state index contributed by atoms with van der Waals surface area (Å²) in [7, 11) is 1.85. The average molecular weight is 304 g/mol. The first-order chi connectivity index (χ1) is 10.2. The molecule has 1 heterocycles. The molecule has 0 aromatic heterocycles. The van der Waals surface area contributed by atoms with Crippen LogP contribution in [0.25, 0.3) is 0 Å². The Balaban J connectivity index is 1.96. The lowest BCUT2D eigenvalue weighted by molar-refractivity contribution is 0.00957. The maximum Gasteiger partial charge on any atom is 0.410 e. The number of likely N-dealkylation sites (N-methyl/N-ethyl adjacent to an activating group) is 1. The van der Waals surface area contributed by atoms with Crippen LogP contribution in [0.5, 0.6) is 0 Å². The number of benzene rings is 1. The molecule has 1 aromatic carbocycles. The van der Waals surface area contributed by atoms with Crippen molar-refractivity contribution in [2.45, 2.75) is 51.8 Å². The van der Waals surface area contributed by atoms with E-state index in [2.05, 4.69) is 36.1 Å². The van der Waals surface area contributed by atoms with Gasteiger partial charge in [0.1, 0.15) is 5.60 Å². The molecule has 1 aromatic rings. The Labute approximate surface area is 134 Å². The predicted octanol–water partition coefficient (Wildman–Crippen LogP) is 3.52. The number of carbonyl (C=O) groups is 1. The molecular formula is C18H28N2O2. The highest BCUT2D eigenvalue weighted by Gasteiger charge is 2.40. The molecule has 0 aliphatic carbocycles. The molecule has 0 N–H and O–H groups in total. The minimum absolute atomic E-state index is 0.170. The number of likely N-dealkylation sites (tertiary alicyclic amines) is 1. The first-order valence-electron chi connectivity index (χ1n) is 7.93. The molecule has 0 bridgehead atoms. The molecule has 1 amide bonds. The van der Waals surface area contributed by atoms with Crippen LogP contribution in [0, 0.1) is 0 Å². The summed E-state index contributed by atoms with van der Waals surface area (Å²) in [6.07, 6.45) is 0.729. The standard InChI is InChI=1S/C18H28N2O2/c1-17(2,3)22-16(21)19(5)18(4)11-12-20(14-18)13-15-9-7-6-8-10-15/h6-10H,11-14H2,1-5H3. The van der Waals surface area contributed by atoms with Crippen LogP contribution in [0.3, 0.4) is 0 Å². The largest absolute Gasteiger partial charge is 0.444 e. The number of carbonyl (C=O) groups excluding carboxylic acids is 1. The Morgan fingerprint density at radius 3 is 2.55 bits per heavy atom. The number of ether oxygens (including phenoxy) is 1. The molecule has 4 heteroatoms. The quantitative estimate of drug-likeness (QED) is 0.856. The molecule has 1 saturated heterocycles. The molecule has 1 unspecified atom stereocenters. The summed E-state index contributed by atoms with van der Waals surface area (Å²) >= 11 is 0. The molecule has 1 aliphatic rings. The van der Waals surface area contributed by atoms with Gasteiger partial charge in [-0.3, -0.25) is 4.90 Å². The lowest BCUT2D eigenvalue weighted by atomic mass is 10.0. The van der Waals surface area contributed by atoms with Gasteiger partial charge in [-0.2, -0.15) is 0 Å². The zero-order valence-electron chi connectivity index (χ0n) is 14.4. The summed E-state index contributed by atoms with van der Waals surface area (Å²) in [4.78, 5) is 16.5. The van der Waals surface area contributed by atoms with Gasteiger partial charge in [0.05, 0.1) is 5.54 Å². The van der Waals surface area contributed by atoms with Crippen molar-refractivity contribution in [3.63, 3.8) is 0 Å². The van der Waals surface area contributed by atoms with Crippen molar-refractivity contribution in [3.05, 3.63) is 35.9 Å². The van der Waals surface area contributed by atoms with Gasteiger partial charge < -0.3 is 9.64 Å². The van der Waals surface area contributed by atoms with E-state index in [4.69, 9.17) is 4.74 Å². The highest BCUT2D eigenvalue weighted by molar-refractivity contribution is 5.69. The van der Waals surface area contributed by atoms with Crippen molar-refractivity contribution >= 4 is 6.09 Å². The van der Waals surface area contributed by atoms with Crippen molar-refractivity contribution in [1.29, 1.82) is 0 Å². The maximum absolute atomic E-state index is 12.3. The summed E-state index contributed by atoms with van der Waals surface area (Å²) in [5.74, 6) is 0. The summed E-state index contributed by atoms with van der Waals surface area (Å²) in [5.41, 5.74) is 0.688. The van der Waals surface area contributed by atoms with E-state index in [1.54, 1.807) is 4.90 Å². The summed E-state index contributed by atoms with van der Waals surface area (Å²) in [6, 6.07) is 10.5. The van der Waals surface area contributed by atoms with E-state index in [1.807, 2.05) is 33.9 Å². The van der Waals surface area contributed by atoms with Crippen LogP contribution in [0.1, 0.15) is 39.7 Å². The summed E-state index contributed by atoms with van der Waals surface area (Å²) < 4.78 is 5.50. The normalized spacial score (nSPS) is 22.6. The molecule has 1 aliphatic heterocycles. The van der Waals surface area contributed by atoms with Crippen LogP contribution in [0.15, 0.2) is 30.3 Å². The number of nitrogens with zero attached hydrogens (tertiary/aromatic N) is 2. The van der Waals surface area contributed by atoms with Gasteiger partial charge in [0.15, 0.2) is 0 Å². The van der Waals surface area contributed by atoms with Crippen molar-refractivity contribution in [2.75, 3.05) is 20.1 Å². The van der Waals surface area contributed by atoms with Crippen LogP contribution < -0.4 is 0 Å². The van der Waals surface area contributed by atoms with E-state index >= 15 is 0 Å². The Morgan fingerprint density at radius 2 is 1.95 bits per heavy atom. The SMILES string of the molecule is CN(C(=O)OC(C)(C)C)C1(C)CCN(Cc2ccccc2)C1. The van der Waals surface area contributed by atoms with E-state index in [0.29, 0.717) is 0 Å². The molecule has 0 radical (unpaired) electrons. The fourth-order valence-corrected chi connectivity index (χ4v) is 2.84. The third kappa shape index (κ3) is 4.23. The van der Waals surface area contributed by atoms with Crippen LogP contribution in [-0.2, 0) is 11.3 Å². The van der Waals surface area contributed by atoms with Gasteiger partial charge >= 0.3 is 6.09 Å². The van der Waals surface area contributed by atoms with Gasteiger partial charge in [-0.15, -0.1) is 0 Å². The zero-order chi connectivity index (χ0) is 16.4. The van der Waals surface area contributed by atoms with Crippen LogP contribution in [0.4, 0.5) is 4.79 Å². The Bertz CT molecular complexity index is 510. The minimum Gasteiger partial charge on any atom is -0.444 e. The molecule has 2 rings (SSSR count). The van der Waals surface area contributed by atoms with E-state index in [0.717, 1.165) is 26.1 Å². The highest BCUT2D eigenvalue weighted by atomic mass is 16.6. The van der Waals surface area contributed by atoms with Crippen molar-refractivity contribution in [1.82, 2.24) is 9.80 Å². The van der Waals surface area contributed by atoms with E-state index in [9.17, 15) is 4.79 Å². The zero-order valence-corrected chi connectivity index (χ0v) is 14.4. The lowest BCUT2D eigenvalue weighted by Gasteiger charge is -2.36. The molecule has 0 spiro atoms. The second-order valence-electron chi connectivity index (χ2n) is 7.48. The summed E-state index contributed by atoms with van der Waals surface area (Å²) in [6.45, 7) is 10.6. The monoisotopic (exact) mass is 304 g/mol. The fourth-order valence-electron chi connectivity index (χ4n) is 2.84. The van der Waals surface area contributed by atoms with E-state index in [-0.39, 0.29) is 11.6 Å². The Hall–Kier alpha value is -1.55. The number of hydrogen-bond acceptors (Lipinski definition) is 3. The van der Waals surface area contributed by atoms with E-state index < -0.39 is 5.60 Å². The lowest BCUT2D eigenvalue weighted by Crippen LogP contribution is -2.50. The van der Waals surface area contributed by atoms with Gasteiger partial charge in [0, 0.05) is 26.7 Å². The first-order valence-corrected chi connectivity index (χ1v) is 7.93. The van der Waals surface area contributed by atoms with Crippen molar-refractivity contribution in [3.8, 4) is 0 Å². The van der Waals surface area contributed by atoms with Crippen molar-refractivity contribution < 1.29 is 9.53 Å². The third-order valence-corrected chi connectivity index (χ3v) is 4.26. The van der Waals surface area contributed by atoms with Gasteiger partial charge in [-0.05, 0) is 39.7 Å². The fraction of sp³-hybridized carbons (Fsp3) is 0.611. The average Bonchev–Trinajstić information content (AvgIpc) is 2.80. The number of amides is 1. The predicted molar refractivity (Wildman–Crippen MR) is 88.7 cm³/mol. The molecule has 4 nitrogen and oxygen atoms in total. The molecule has 122 valence electrons. The highest BCUT2D eigenvalue weighted by Crippen LogP contribution is 2.29. The van der Waals surface area contributed by atoms with Gasteiger partial charge in [0.2, 0.25) is 0 Å². The van der Waals surface area contributed by atoms with E-state index in [1.165, 1.54) is 5.56 Å². The Kier molecular flexibility index (Phi) is 4.81. The second-order valence-corrected chi connectivity index (χ2v) is 7.48. The number of hydrogen-bond donors (Lipinski definition) is 0. The summed E-state index contributed by atoms with van der Waals surface area (Å²) in [5, 5.41) is 0. The smallest absolute Gasteiger partial charge is 0.410 e. The minimum atomic E-state index is -0.454. The molecular weight excluding hydrogens is 276 g/mol.